The maximum absolute atomic E-state index is 12.6. The lowest BCUT2D eigenvalue weighted by Crippen LogP contribution is -2.28. The topological polar surface area (TPSA) is 62.6 Å². The van der Waals surface area contributed by atoms with Crippen molar-refractivity contribution in [3.05, 3.63) is 83.8 Å². The molecule has 1 fully saturated rings. The predicted octanol–water partition coefficient (Wildman–Crippen LogP) is 5.61. The maximum atomic E-state index is 12.6. The number of hydrogen-bond donors (Lipinski definition) is 1. The van der Waals surface area contributed by atoms with Crippen LogP contribution in [-0.4, -0.2) is 17.6 Å². The summed E-state index contributed by atoms with van der Waals surface area (Å²) < 4.78 is 5.12. The van der Waals surface area contributed by atoms with Gasteiger partial charge in [-0.15, -0.1) is 11.8 Å². The highest BCUT2D eigenvalue weighted by atomic mass is 32.2. The van der Waals surface area contributed by atoms with E-state index in [1.165, 1.54) is 11.8 Å². The summed E-state index contributed by atoms with van der Waals surface area (Å²) in [5.74, 6) is 0.520. The van der Waals surface area contributed by atoms with Crippen LogP contribution in [0.3, 0.4) is 0 Å². The molecule has 1 aromatic heterocycles. The molecule has 0 spiro atoms. The normalized spacial score (nSPS) is 16.7. The zero-order valence-corrected chi connectivity index (χ0v) is 18.0. The fourth-order valence-corrected chi connectivity index (χ4v) is 4.58. The van der Waals surface area contributed by atoms with Crippen molar-refractivity contribution in [2.75, 3.05) is 16.0 Å². The molecule has 1 atom stereocenters. The Bertz CT molecular complexity index is 1040. The lowest BCUT2D eigenvalue weighted by molar-refractivity contribution is -0.115. The van der Waals surface area contributed by atoms with Crippen LogP contribution in [0.4, 0.5) is 11.4 Å². The largest absolute Gasteiger partial charge is 0.459 e. The van der Waals surface area contributed by atoms with Crippen LogP contribution in [0.2, 0.25) is 0 Å². The fourth-order valence-electron chi connectivity index (χ4n) is 3.40. The molecule has 1 saturated heterocycles. The zero-order chi connectivity index (χ0) is 21.3. The molecule has 1 aliphatic rings. The fraction of sp³-hybridized carbons (Fsp3) is 0.250. The van der Waals surface area contributed by atoms with E-state index in [9.17, 15) is 9.59 Å². The molecular formula is C24H24N2O3S. The van der Waals surface area contributed by atoms with Crippen LogP contribution in [0.5, 0.6) is 0 Å². The number of anilines is 2. The van der Waals surface area contributed by atoms with Gasteiger partial charge >= 0.3 is 0 Å². The molecule has 4 rings (SSSR count). The second kappa shape index (κ2) is 8.03. The van der Waals surface area contributed by atoms with Crippen LogP contribution < -0.4 is 10.2 Å². The highest BCUT2D eigenvalue weighted by molar-refractivity contribution is 8.00. The van der Waals surface area contributed by atoms with Gasteiger partial charge < -0.3 is 9.73 Å². The molecule has 0 saturated carbocycles. The third-order valence-electron chi connectivity index (χ3n) is 5.08. The molecule has 30 heavy (non-hydrogen) atoms. The number of furan rings is 1. The molecule has 3 aromatic rings. The number of rotatable bonds is 4. The SMILES string of the molecule is CC(C)(C)c1ccc(N2C(=O)CS[C@@H]2c2ccc(NC(=O)c3ccco3)cc2)cc1. The predicted molar refractivity (Wildman–Crippen MR) is 121 cm³/mol. The Hall–Kier alpha value is -2.99. The third kappa shape index (κ3) is 4.14. The van der Waals surface area contributed by atoms with E-state index in [0.717, 1.165) is 11.3 Å². The first-order valence-corrected chi connectivity index (χ1v) is 10.9. The molecular weight excluding hydrogens is 396 g/mol. The first-order valence-electron chi connectivity index (χ1n) is 9.82. The van der Waals surface area contributed by atoms with E-state index >= 15 is 0 Å². The zero-order valence-electron chi connectivity index (χ0n) is 17.2. The van der Waals surface area contributed by atoms with Crippen molar-refractivity contribution in [2.24, 2.45) is 0 Å². The lowest BCUT2D eigenvalue weighted by Gasteiger charge is -2.26. The van der Waals surface area contributed by atoms with E-state index in [4.69, 9.17) is 4.42 Å². The Labute approximate surface area is 180 Å². The van der Waals surface area contributed by atoms with Crippen molar-refractivity contribution >= 4 is 35.0 Å². The Morgan fingerprint density at radius 3 is 2.37 bits per heavy atom. The molecule has 2 heterocycles. The van der Waals surface area contributed by atoms with Crippen LogP contribution in [0.25, 0.3) is 0 Å². The minimum atomic E-state index is -0.293. The van der Waals surface area contributed by atoms with Gasteiger partial charge in [0.2, 0.25) is 5.91 Å². The van der Waals surface area contributed by atoms with Crippen molar-refractivity contribution in [2.45, 2.75) is 31.6 Å². The molecule has 2 amide bonds. The summed E-state index contributed by atoms with van der Waals surface area (Å²) in [7, 11) is 0. The van der Waals surface area contributed by atoms with E-state index in [0.29, 0.717) is 11.4 Å². The third-order valence-corrected chi connectivity index (χ3v) is 6.29. The van der Waals surface area contributed by atoms with Crippen molar-refractivity contribution in [1.82, 2.24) is 0 Å². The number of carbonyl (C=O) groups excluding carboxylic acids is 2. The molecule has 5 nitrogen and oxygen atoms in total. The summed E-state index contributed by atoms with van der Waals surface area (Å²) in [5, 5.41) is 2.72. The number of thioether (sulfide) groups is 1. The van der Waals surface area contributed by atoms with Gasteiger partial charge in [0.05, 0.1) is 12.0 Å². The van der Waals surface area contributed by atoms with E-state index < -0.39 is 0 Å². The summed E-state index contributed by atoms with van der Waals surface area (Å²) in [6.45, 7) is 6.52. The standard InChI is InChI=1S/C24H24N2O3S/c1-24(2,3)17-8-12-19(13-9-17)26-21(27)15-30-23(26)16-6-10-18(11-7-16)25-22(28)20-5-4-14-29-20/h4-14,23H,15H2,1-3H3,(H,25,28)/t23-/m1/s1. The van der Waals surface area contributed by atoms with Crippen LogP contribution >= 0.6 is 11.8 Å². The number of benzene rings is 2. The second-order valence-electron chi connectivity index (χ2n) is 8.28. The number of carbonyl (C=O) groups is 2. The van der Waals surface area contributed by atoms with Crippen LogP contribution in [0.15, 0.2) is 71.3 Å². The Kier molecular flexibility index (Phi) is 5.43. The van der Waals surface area contributed by atoms with Gasteiger partial charge in [-0.1, -0.05) is 45.0 Å². The van der Waals surface area contributed by atoms with Crippen molar-refractivity contribution in [3.8, 4) is 0 Å². The second-order valence-corrected chi connectivity index (χ2v) is 9.35. The monoisotopic (exact) mass is 420 g/mol. The summed E-state index contributed by atoms with van der Waals surface area (Å²) in [5.41, 5.74) is 3.90. The average molecular weight is 421 g/mol. The van der Waals surface area contributed by atoms with Crippen LogP contribution in [0.1, 0.15) is 47.8 Å². The number of hydrogen-bond acceptors (Lipinski definition) is 4. The van der Waals surface area contributed by atoms with Gasteiger partial charge in [0.25, 0.3) is 5.91 Å². The summed E-state index contributed by atoms with van der Waals surface area (Å²) in [6.07, 6.45) is 1.47. The summed E-state index contributed by atoms with van der Waals surface area (Å²) in [6, 6.07) is 19.1. The van der Waals surface area contributed by atoms with Crippen LogP contribution in [-0.2, 0) is 10.2 Å². The molecule has 1 aliphatic heterocycles. The molecule has 0 unspecified atom stereocenters. The van der Waals surface area contributed by atoms with Crippen molar-refractivity contribution < 1.29 is 14.0 Å². The molecule has 1 N–H and O–H groups in total. The Balaban J connectivity index is 1.52. The van der Waals surface area contributed by atoms with Gasteiger partial charge in [0.1, 0.15) is 5.37 Å². The summed E-state index contributed by atoms with van der Waals surface area (Å²) >= 11 is 1.61. The van der Waals surface area contributed by atoms with Crippen molar-refractivity contribution in [3.63, 3.8) is 0 Å². The maximum Gasteiger partial charge on any atom is 0.291 e. The first kappa shape index (κ1) is 20.3. The van der Waals surface area contributed by atoms with E-state index in [1.54, 1.807) is 23.9 Å². The first-order chi connectivity index (χ1) is 14.3. The number of nitrogens with zero attached hydrogens (tertiary/aromatic N) is 1. The van der Waals surface area contributed by atoms with Gasteiger partial charge in [0, 0.05) is 11.4 Å². The molecule has 154 valence electrons. The quantitative estimate of drug-likeness (QED) is 0.596. The van der Waals surface area contributed by atoms with E-state index in [-0.39, 0.29) is 28.4 Å². The van der Waals surface area contributed by atoms with Crippen LogP contribution in [0, 0.1) is 0 Å². The molecule has 0 bridgehead atoms. The molecule has 0 radical (unpaired) electrons. The molecule has 0 aliphatic carbocycles. The van der Waals surface area contributed by atoms with Gasteiger partial charge in [-0.25, -0.2) is 0 Å². The van der Waals surface area contributed by atoms with Gasteiger partial charge in [-0.2, -0.15) is 0 Å². The van der Waals surface area contributed by atoms with E-state index in [2.05, 4.69) is 38.2 Å². The lowest BCUT2D eigenvalue weighted by atomic mass is 9.87. The summed E-state index contributed by atoms with van der Waals surface area (Å²) in [4.78, 5) is 26.6. The smallest absolute Gasteiger partial charge is 0.291 e. The highest BCUT2D eigenvalue weighted by Gasteiger charge is 2.34. The van der Waals surface area contributed by atoms with Crippen molar-refractivity contribution in [1.29, 1.82) is 0 Å². The molecule has 2 aromatic carbocycles. The van der Waals surface area contributed by atoms with Gasteiger partial charge in [-0.3, -0.25) is 14.5 Å². The number of nitrogens with one attached hydrogen (secondary N) is 1. The Morgan fingerprint density at radius 2 is 1.77 bits per heavy atom. The average Bonchev–Trinajstić information content (AvgIpc) is 3.38. The van der Waals surface area contributed by atoms with E-state index in [1.807, 2.05) is 41.3 Å². The highest BCUT2D eigenvalue weighted by Crippen LogP contribution is 2.42. The van der Waals surface area contributed by atoms with Gasteiger partial charge in [-0.05, 0) is 52.9 Å². The number of amides is 2. The minimum Gasteiger partial charge on any atom is -0.459 e. The minimum absolute atomic E-state index is 0.0671. The van der Waals surface area contributed by atoms with Gasteiger partial charge in [0.15, 0.2) is 5.76 Å². The Morgan fingerprint density at radius 1 is 1.07 bits per heavy atom. The molecule has 6 heteroatoms.